The highest BCUT2D eigenvalue weighted by atomic mass is 32.2. The van der Waals surface area contributed by atoms with Crippen LogP contribution in [-0.4, -0.2) is 30.0 Å². The second-order valence-corrected chi connectivity index (χ2v) is 4.39. The maximum atomic E-state index is 13.2. The normalized spacial score (nSPS) is 14.3. The van der Waals surface area contributed by atoms with Crippen molar-refractivity contribution in [1.82, 2.24) is 5.32 Å². The predicted octanol–water partition coefficient (Wildman–Crippen LogP) is 1.42. The minimum atomic E-state index is -0.479. The molecule has 1 aromatic carbocycles. The molecule has 4 nitrogen and oxygen atoms in total. The van der Waals surface area contributed by atoms with Crippen LogP contribution in [0, 0.1) is 5.82 Å². The van der Waals surface area contributed by atoms with Gasteiger partial charge in [-0.25, -0.2) is 4.39 Å². The summed E-state index contributed by atoms with van der Waals surface area (Å²) in [5, 5.41) is 3.20. The van der Waals surface area contributed by atoms with Crippen molar-refractivity contribution in [3.8, 4) is 5.75 Å². The SMILES string of the molecule is O=C(COc1ccccc1F)NC1=NCCS1. The number of carbonyl (C=O) groups is 1. The lowest BCUT2D eigenvalue weighted by Crippen LogP contribution is -2.32. The molecule has 0 aliphatic carbocycles. The molecule has 0 saturated heterocycles. The second-order valence-electron chi connectivity index (χ2n) is 3.30. The van der Waals surface area contributed by atoms with Gasteiger partial charge in [0.2, 0.25) is 0 Å². The first kappa shape index (κ1) is 11.9. The monoisotopic (exact) mass is 254 g/mol. The van der Waals surface area contributed by atoms with Crippen molar-refractivity contribution in [3.05, 3.63) is 30.1 Å². The van der Waals surface area contributed by atoms with Crippen LogP contribution in [0.5, 0.6) is 5.75 Å². The number of aliphatic imine (C=N–C) groups is 1. The molecule has 0 unspecified atom stereocenters. The van der Waals surface area contributed by atoms with Gasteiger partial charge in [0.1, 0.15) is 0 Å². The molecule has 17 heavy (non-hydrogen) atoms. The van der Waals surface area contributed by atoms with Crippen molar-refractivity contribution in [2.24, 2.45) is 4.99 Å². The summed E-state index contributed by atoms with van der Waals surface area (Å²) >= 11 is 1.48. The number of ether oxygens (including phenoxy) is 1. The van der Waals surface area contributed by atoms with E-state index in [1.54, 1.807) is 12.1 Å². The van der Waals surface area contributed by atoms with Gasteiger partial charge in [-0.05, 0) is 12.1 Å². The van der Waals surface area contributed by atoms with E-state index in [4.69, 9.17) is 4.74 Å². The standard InChI is InChI=1S/C11H11FN2O2S/c12-8-3-1-2-4-9(8)16-7-10(15)14-11-13-5-6-17-11/h1-4H,5-7H2,(H,13,14,15). The number of para-hydroxylation sites is 1. The van der Waals surface area contributed by atoms with Crippen molar-refractivity contribution < 1.29 is 13.9 Å². The molecule has 0 aromatic heterocycles. The number of rotatable bonds is 3. The molecule has 1 aliphatic rings. The summed E-state index contributed by atoms with van der Waals surface area (Å²) in [7, 11) is 0. The summed E-state index contributed by atoms with van der Waals surface area (Å²) in [6.45, 7) is 0.495. The van der Waals surface area contributed by atoms with Crippen molar-refractivity contribution in [3.63, 3.8) is 0 Å². The number of amidine groups is 1. The van der Waals surface area contributed by atoms with Gasteiger partial charge in [-0.2, -0.15) is 0 Å². The van der Waals surface area contributed by atoms with Crippen molar-refractivity contribution in [2.75, 3.05) is 18.9 Å². The van der Waals surface area contributed by atoms with Crippen LogP contribution in [0.4, 0.5) is 4.39 Å². The highest BCUT2D eigenvalue weighted by molar-refractivity contribution is 8.14. The Kier molecular flexibility index (Phi) is 3.98. The molecule has 1 amide bonds. The van der Waals surface area contributed by atoms with Crippen molar-refractivity contribution in [2.45, 2.75) is 0 Å². The van der Waals surface area contributed by atoms with Gasteiger partial charge in [-0.15, -0.1) is 0 Å². The maximum Gasteiger partial charge on any atom is 0.263 e. The van der Waals surface area contributed by atoms with Gasteiger partial charge < -0.3 is 10.1 Å². The Labute approximate surface area is 102 Å². The fourth-order valence-electron chi connectivity index (χ4n) is 1.27. The lowest BCUT2D eigenvalue weighted by molar-refractivity contribution is -0.121. The third-order valence-corrected chi connectivity index (χ3v) is 2.92. The zero-order chi connectivity index (χ0) is 12.1. The summed E-state index contributed by atoms with van der Waals surface area (Å²) < 4.78 is 18.2. The zero-order valence-corrected chi connectivity index (χ0v) is 9.80. The van der Waals surface area contributed by atoms with E-state index in [9.17, 15) is 9.18 Å². The predicted molar refractivity (Wildman–Crippen MR) is 64.8 cm³/mol. The molecule has 90 valence electrons. The van der Waals surface area contributed by atoms with Crippen LogP contribution in [0.25, 0.3) is 0 Å². The Hall–Kier alpha value is -1.56. The van der Waals surface area contributed by atoms with Gasteiger partial charge in [-0.3, -0.25) is 9.79 Å². The lowest BCUT2D eigenvalue weighted by atomic mass is 10.3. The van der Waals surface area contributed by atoms with Crippen molar-refractivity contribution >= 4 is 22.8 Å². The average Bonchev–Trinajstić information content (AvgIpc) is 2.81. The lowest BCUT2D eigenvalue weighted by Gasteiger charge is -2.07. The fourth-order valence-corrected chi connectivity index (χ4v) is 2.02. The van der Waals surface area contributed by atoms with Crippen molar-refractivity contribution in [1.29, 1.82) is 0 Å². The highest BCUT2D eigenvalue weighted by Crippen LogP contribution is 2.15. The number of halogens is 1. The fraction of sp³-hybridized carbons (Fsp3) is 0.273. The molecule has 0 spiro atoms. The van der Waals surface area contributed by atoms with E-state index in [1.807, 2.05) is 0 Å². The van der Waals surface area contributed by atoms with E-state index in [1.165, 1.54) is 23.9 Å². The smallest absolute Gasteiger partial charge is 0.263 e. The molecule has 0 atom stereocenters. The average molecular weight is 254 g/mol. The van der Waals surface area contributed by atoms with Crippen LogP contribution in [-0.2, 0) is 4.79 Å². The number of nitrogens with zero attached hydrogens (tertiary/aromatic N) is 1. The topological polar surface area (TPSA) is 50.7 Å². The van der Waals surface area contributed by atoms with Gasteiger partial charge in [0.25, 0.3) is 5.91 Å². The quantitative estimate of drug-likeness (QED) is 0.887. The molecule has 1 aliphatic heterocycles. The molecule has 0 bridgehead atoms. The number of thioether (sulfide) groups is 1. The highest BCUT2D eigenvalue weighted by Gasteiger charge is 2.11. The van der Waals surface area contributed by atoms with Gasteiger partial charge in [0.15, 0.2) is 23.3 Å². The van der Waals surface area contributed by atoms with Crippen LogP contribution >= 0.6 is 11.8 Å². The molecule has 0 fully saturated rings. The molecule has 1 heterocycles. The summed E-state index contributed by atoms with van der Waals surface area (Å²) in [4.78, 5) is 15.5. The van der Waals surface area contributed by atoms with E-state index >= 15 is 0 Å². The van der Waals surface area contributed by atoms with Gasteiger partial charge >= 0.3 is 0 Å². The van der Waals surface area contributed by atoms with Crippen LogP contribution in [0.1, 0.15) is 0 Å². The Morgan fingerprint density at radius 3 is 3.06 bits per heavy atom. The third-order valence-electron chi connectivity index (χ3n) is 2.03. The van der Waals surface area contributed by atoms with E-state index in [2.05, 4.69) is 10.3 Å². The first-order chi connectivity index (χ1) is 8.25. The second kappa shape index (κ2) is 5.67. The van der Waals surface area contributed by atoms with Gasteiger partial charge in [0.05, 0.1) is 6.54 Å². The zero-order valence-electron chi connectivity index (χ0n) is 8.98. The molecule has 0 radical (unpaired) electrons. The maximum absolute atomic E-state index is 13.2. The Morgan fingerprint density at radius 2 is 2.35 bits per heavy atom. The summed E-state index contributed by atoms with van der Waals surface area (Å²) in [6, 6.07) is 5.97. The van der Waals surface area contributed by atoms with Crippen LogP contribution in [0.3, 0.4) is 0 Å². The van der Waals surface area contributed by atoms with E-state index < -0.39 is 5.82 Å². The molecule has 1 aromatic rings. The molecule has 2 rings (SSSR count). The molecule has 0 saturated carbocycles. The number of nitrogens with one attached hydrogen (secondary N) is 1. The molecule has 6 heteroatoms. The third kappa shape index (κ3) is 3.45. The number of hydrogen-bond acceptors (Lipinski definition) is 4. The summed E-state index contributed by atoms with van der Waals surface area (Å²) in [5.74, 6) is 0.141. The summed E-state index contributed by atoms with van der Waals surface area (Å²) in [5.41, 5.74) is 0. The van der Waals surface area contributed by atoms with Gasteiger partial charge in [-0.1, -0.05) is 23.9 Å². The van der Waals surface area contributed by atoms with E-state index in [0.717, 1.165) is 5.75 Å². The molecular formula is C11H11FN2O2S. The van der Waals surface area contributed by atoms with Crippen LogP contribution in [0.15, 0.2) is 29.3 Å². The van der Waals surface area contributed by atoms with E-state index in [0.29, 0.717) is 11.7 Å². The van der Waals surface area contributed by atoms with E-state index in [-0.39, 0.29) is 18.3 Å². The number of amides is 1. The molecular weight excluding hydrogens is 243 g/mol. The number of hydrogen-bond donors (Lipinski definition) is 1. The number of carbonyl (C=O) groups excluding carboxylic acids is 1. The first-order valence-electron chi connectivity index (χ1n) is 5.10. The molecule has 1 N–H and O–H groups in total. The van der Waals surface area contributed by atoms with Crippen LogP contribution in [0.2, 0.25) is 0 Å². The number of benzene rings is 1. The Balaban J connectivity index is 1.82. The van der Waals surface area contributed by atoms with Gasteiger partial charge in [0, 0.05) is 5.75 Å². The first-order valence-corrected chi connectivity index (χ1v) is 6.09. The minimum absolute atomic E-state index is 0.0728. The summed E-state index contributed by atoms with van der Waals surface area (Å²) in [6.07, 6.45) is 0. The Morgan fingerprint density at radius 1 is 1.53 bits per heavy atom. The minimum Gasteiger partial charge on any atom is -0.481 e. The van der Waals surface area contributed by atoms with Crippen LogP contribution < -0.4 is 10.1 Å². The largest absolute Gasteiger partial charge is 0.481 e. The Bertz CT molecular complexity index is 451.